The molecule has 4 nitrogen and oxygen atoms in total. The number of nitrogen functional groups attached to an aromatic ring is 1. The number of benzene rings is 1. The van der Waals surface area contributed by atoms with Gasteiger partial charge in [-0.25, -0.2) is 4.79 Å². The fourth-order valence-corrected chi connectivity index (χ4v) is 2.73. The lowest BCUT2D eigenvalue weighted by Gasteiger charge is -2.24. The van der Waals surface area contributed by atoms with E-state index in [1.54, 1.807) is 12.1 Å². The summed E-state index contributed by atoms with van der Waals surface area (Å²) in [6.07, 6.45) is 6.24. The first-order valence-corrected chi connectivity index (χ1v) is 6.97. The molecule has 1 aromatic rings. The lowest BCUT2D eigenvalue weighted by atomic mass is 9.96. The molecule has 2 rings (SSSR count). The monoisotopic (exact) mass is 262 g/mol. The quantitative estimate of drug-likeness (QED) is 0.577. The Labute approximate surface area is 114 Å². The van der Waals surface area contributed by atoms with Crippen LogP contribution in [0, 0.1) is 5.92 Å². The van der Waals surface area contributed by atoms with Gasteiger partial charge in [0.2, 0.25) is 0 Å². The van der Waals surface area contributed by atoms with Crippen molar-refractivity contribution >= 4 is 17.3 Å². The normalized spacial score (nSPS) is 23.6. The molecule has 1 saturated carbocycles. The van der Waals surface area contributed by atoms with Gasteiger partial charge >= 0.3 is 5.97 Å². The summed E-state index contributed by atoms with van der Waals surface area (Å²) in [5.41, 5.74) is 7.53. The summed E-state index contributed by atoms with van der Waals surface area (Å²) in [5, 5.41) is 12.4. The van der Waals surface area contributed by atoms with Crippen LogP contribution in [-0.2, 0) is 0 Å². The molecule has 1 aliphatic rings. The van der Waals surface area contributed by atoms with E-state index in [4.69, 9.17) is 10.8 Å². The molecule has 4 N–H and O–H groups in total. The molecule has 104 valence electrons. The molecule has 2 unspecified atom stereocenters. The van der Waals surface area contributed by atoms with Gasteiger partial charge in [-0.05, 0) is 37.0 Å². The molecule has 0 saturated heterocycles. The van der Waals surface area contributed by atoms with E-state index in [0.717, 1.165) is 12.1 Å². The van der Waals surface area contributed by atoms with Crippen LogP contribution in [0.15, 0.2) is 18.2 Å². The van der Waals surface area contributed by atoms with Gasteiger partial charge in [-0.15, -0.1) is 0 Å². The maximum absolute atomic E-state index is 10.9. The molecule has 0 amide bonds. The average Bonchev–Trinajstić information content (AvgIpc) is 2.57. The molecule has 0 spiro atoms. The van der Waals surface area contributed by atoms with E-state index in [2.05, 4.69) is 12.2 Å². The fraction of sp³-hybridized carbons (Fsp3) is 0.533. The van der Waals surface area contributed by atoms with Gasteiger partial charge in [-0.1, -0.05) is 26.2 Å². The summed E-state index contributed by atoms with van der Waals surface area (Å²) < 4.78 is 0. The van der Waals surface area contributed by atoms with Crippen molar-refractivity contribution in [3.05, 3.63) is 23.8 Å². The van der Waals surface area contributed by atoms with Crippen molar-refractivity contribution in [3.8, 4) is 0 Å². The first kappa shape index (κ1) is 13.7. The Balaban J connectivity index is 2.11. The second-order valence-corrected chi connectivity index (χ2v) is 5.47. The van der Waals surface area contributed by atoms with Crippen LogP contribution in [0.2, 0.25) is 0 Å². The molecule has 0 aliphatic heterocycles. The van der Waals surface area contributed by atoms with Crippen molar-refractivity contribution in [3.63, 3.8) is 0 Å². The molecule has 19 heavy (non-hydrogen) atoms. The molecule has 1 aromatic carbocycles. The summed E-state index contributed by atoms with van der Waals surface area (Å²) in [4.78, 5) is 10.9. The minimum atomic E-state index is -0.943. The Morgan fingerprint density at radius 2 is 2.05 bits per heavy atom. The van der Waals surface area contributed by atoms with Gasteiger partial charge in [0.05, 0.1) is 16.9 Å². The highest BCUT2D eigenvalue weighted by Gasteiger charge is 2.20. The molecule has 2 atom stereocenters. The van der Waals surface area contributed by atoms with E-state index >= 15 is 0 Å². The van der Waals surface area contributed by atoms with Crippen molar-refractivity contribution < 1.29 is 9.90 Å². The van der Waals surface area contributed by atoms with Crippen LogP contribution in [-0.4, -0.2) is 17.1 Å². The van der Waals surface area contributed by atoms with E-state index in [-0.39, 0.29) is 5.56 Å². The van der Waals surface area contributed by atoms with Crippen molar-refractivity contribution in [2.45, 2.75) is 45.1 Å². The lowest BCUT2D eigenvalue weighted by molar-refractivity contribution is 0.0697. The number of hydrogen-bond donors (Lipinski definition) is 3. The smallest absolute Gasteiger partial charge is 0.335 e. The Morgan fingerprint density at radius 3 is 2.74 bits per heavy atom. The highest BCUT2D eigenvalue weighted by Crippen LogP contribution is 2.28. The van der Waals surface area contributed by atoms with Crippen LogP contribution >= 0.6 is 0 Å². The predicted octanol–water partition coefficient (Wildman–Crippen LogP) is 3.35. The summed E-state index contributed by atoms with van der Waals surface area (Å²) in [6, 6.07) is 5.32. The van der Waals surface area contributed by atoms with Crippen molar-refractivity contribution in [2.75, 3.05) is 11.1 Å². The second kappa shape index (κ2) is 5.95. The molecule has 0 bridgehead atoms. The van der Waals surface area contributed by atoms with Crippen LogP contribution in [0.3, 0.4) is 0 Å². The number of nitrogens with one attached hydrogen (secondary N) is 1. The summed E-state index contributed by atoms with van der Waals surface area (Å²) in [5.74, 6) is -0.317. The average molecular weight is 262 g/mol. The largest absolute Gasteiger partial charge is 0.478 e. The minimum Gasteiger partial charge on any atom is -0.478 e. The molecule has 0 radical (unpaired) electrons. The van der Waals surface area contributed by atoms with Crippen LogP contribution in [0.4, 0.5) is 11.4 Å². The standard InChI is InChI=1S/C15H22N2O2/c1-10-5-3-2-4-6-13(10)17-14-8-7-11(15(18)19)9-12(14)16/h7-10,13,17H,2-6,16H2,1H3,(H,18,19). The van der Waals surface area contributed by atoms with E-state index in [0.29, 0.717) is 17.6 Å². The van der Waals surface area contributed by atoms with Crippen LogP contribution in [0.25, 0.3) is 0 Å². The molecular formula is C15H22N2O2. The Kier molecular flexibility index (Phi) is 4.30. The van der Waals surface area contributed by atoms with E-state index in [9.17, 15) is 4.79 Å². The summed E-state index contributed by atoms with van der Waals surface area (Å²) >= 11 is 0. The third-order valence-corrected chi connectivity index (χ3v) is 4.00. The molecule has 0 aromatic heterocycles. The van der Waals surface area contributed by atoms with Crippen LogP contribution < -0.4 is 11.1 Å². The topological polar surface area (TPSA) is 75.3 Å². The van der Waals surface area contributed by atoms with Gasteiger partial charge in [0.15, 0.2) is 0 Å². The van der Waals surface area contributed by atoms with Crippen LogP contribution in [0.5, 0.6) is 0 Å². The lowest BCUT2D eigenvalue weighted by Crippen LogP contribution is -2.26. The van der Waals surface area contributed by atoms with Crippen molar-refractivity contribution in [1.29, 1.82) is 0 Å². The molecule has 4 heteroatoms. The number of rotatable bonds is 3. The molecule has 0 heterocycles. The minimum absolute atomic E-state index is 0.233. The first-order valence-electron chi connectivity index (χ1n) is 6.97. The fourth-order valence-electron chi connectivity index (χ4n) is 2.73. The zero-order chi connectivity index (χ0) is 13.8. The van der Waals surface area contributed by atoms with Gasteiger partial charge in [0.25, 0.3) is 0 Å². The molecule has 1 fully saturated rings. The summed E-state index contributed by atoms with van der Waals surface area (Å²) in [7, 11) is 0. The predicted molar refractivity (Wildman–Crippen MR) is 77.5 cm³/mol. The third-order valence-electron chi connectivity index (χ3n) is 4.00. The van der Waals surface area contributed by atoms with Crippen molar-refractivity contribution in [2.24, 2.45) is 5.92 Å². The third kappa shape index (κ3) is 3.40. The SMILES string of the molecule is CC1CCCCCC1Nc1ccc(C(=O)O)cc1N. The number of carboxylic acids is 1. The highest BCUT2D eigenvalue weighted by atomic mass is 16.4. The number of hydrogen-bond acceptors (Lipinski definition) is 3. The maximum Gasteiger partial charge on any atom is 0.335 e. The van der Waals surface area contributed by atoms with E-state index in [1.165, 1.54) is 31.7 Å². The van der Waals surface area contributed by atoms with Gasteiger partial charge in [0.1, 0.15) is 0 Å². The van der Waals surface area contributed by atoms with E-state index in [1.807, 2.05) is 0 Å². The zero-order valence-electron chi connectivity index (χ0n) is 11.4. The van der Waals surface area contributed by atoms with Gasteiger partial charge < -0.3 is 16.2 Å². The first-order chi connectivity index (χ1) is 9.08. The number of nitrogens with two attached hydrogens (primary N) is 1. The Morgan fingerprint density at radius 1 is 1.32 bits per heavy atom. The van der Waals surface area contributed by atoms with Gasteiger partial charge in [-0.3, -0.25) is 0 Å². The highest BCUT2D eigenvalue weighted by molar-refractivity contribution is 5.90. The Bertz CT molecular complexity index is 459. The molecule has 1 aliphatic carbocycles. The Hall–Kier alpha value is -1.71. The number of carbonyl (C=O) groups is 1. The van der Waals surface area contributed by atoms with Gasteiger partial charge in [0, 0.05) is 6.04 Å². The van der Waals surface area contributed by atoms with E-state index < -0.39 is 5.97 Å². The number of carboxylic acid groups (broad SMARTS) is 1. The molecular weight excluding hydrogens is 240 g/mol. The van der Waals surface area contributed by atoms with Crippen LogP contribution in [0.1, 0.15) is 49.4 Å². The number of aromatic carboxylic acids is 1. The maximum atomic E-state index is 10.9. The summed E-state index contributed by atoms with van der Waals surface area (Å²) in [6.45, 7) is 2.27. The second-order valence-electron chi connectivity index (χ2n) is 5.47. The van der Waals surface area contributed by atoms with Gasteiger partial charge in [-0.2, -0.15) is 0 Å². The zero-order valence-corrected chi connectivity index (χ0v) is 11.4. The van der Waals surface area contributed by atoms with Crippen molar-refractivity contribution in [1.82, 2.24) is 0 Å². The number of anilines is 2.